The molecule has 0 saturated heterocycles. The molecule has 5 nitrogen and oxygen atoms in total. The zero-order valence-electron chi connectivity index (χ0n) is 14.4. The third kappa shape index (κ3) is 3.83. The number of hydrogen-bond donors (Lipinski definition) is 0. The lowest BCUT2D eigenvalue weighted by Crippen LogP contribution is -2.06. The van der Waals surface area contributed by atoms with Crippen molar-refractivity contribution in [2.75, 3.05) is 7.11 Å². The van der Waals surface area contributed by atoms with E-state index in [-0.39, 0.29) is 17.8 Å². The molecule has 0 atom stereocenters. The maximum atomic E-state index is 12.4. The molecular weight excluding hydrogens is 332 g/mol. The van der Waals surface area contributed by atoms with E-state index in [9.17, 15) is 9.59 Å². The van der Waals surface area contributed by atoms with Crippen LogP contribution in [0.5, 0.6) is 11.5 Å². The third-order valence-electron chi connectivity index (χ3n) is 3.86. The molecule has 1 heterocycles. The Morgan fingerprint density at radius 1 is 1.12 bits per heavy atom. The lowest BCUT2D eigenvalue weighted by molar-refractivity contribution is -0.134. The van der Waals surface area contributed by atoms with Gasteiger partial charge in [0.1, 0.15) is 22.8 Å². The first-order valence-electron chi connectivity index (χ1n) is 8.14. The van der Waals surface area contributed by atoms with Crippen molar-refractivity contribution in [1.82, 2.24) is 0 Å². The monoisotopic (exact) mass is 350 g/mol. The Bertz CT molecular complexity index is 999. The number of benzene rings is 2. The SMILES string of the molecule is C=CCCC(=O)Oc1ccc(-c2cc(=O)c3cc(OC)ccc3o2)cc1. The van der Waals surface area contributed by atoms with Crippen molar-refractivity contribution in [2.45, 2.75) is 12.8 Å². The molecule has 2 aromatic carbocycles. The summed E-state index contributed by atoms with van der Waals surface area (Å²) in [6.45, 7) is 3.57. The van der Waals surface area contributed by atoms with E-state index in [1.54, 1.807) is 55.7 Å². The zero-order chi connectivity index (χ0) is 18.5. The Hall–Kier alpha value is -3.34. The first-order chi connectivity index (χ1) is 12.6. The van der Waals surface area contributed by atoms with Crippen LogP contribution in [0.25, 0.3) is 22.3 Å². The minimum Gasteiger partial charge on any atom is -0.497 e. The second kappa shape index (κ2) is 7.70. The molecular formula is C21H18O5. The Kier molecular flexibility index (Phi) is 5.17. The molecule has 26 heavy (non-hydrogen) atoms. The number of hydrogen-bond acceptors (Lipinski definition) is 5. The van der Waals surface area contributed by atoms with Crippen molar-refractivity contribution >= 4 is 16.9 Å². The molecule has 0 fully saturated rings. The fraction of sp³-hybridized carbons (Fsp3) is 0.143. The van der Waals surface area contributed by atoms with Gasteiger partial charge in [0, 0.05) is 18.1 Å². The predicted molar refractivity (Wildman–Crippen MR) is 99.5 cm³/mol. The Morgan fingerprint density at radius 2 is 1.85 bits per heavy atom. The summed E-state index contributed by atoms with van der Waals surface area (Å²) in [7, 11) is 1.54. The second-order valence-corrected chi connectivity index (χ2v) is 5.66. The fourth-order valence-electron chi connectivity index (χ4n) is 2.49. The van der Waals surface area contributed by atoms with Crippen LogP contribution in [0.4, 0.5) is 0 Å². The van der Waals surface area contributed by atoms with Gasteiger partial charge in [0.2, 0.25) is 0 Å². The average molecular weight is 350 g/mol. The minimum atomic E-state index is -0.316. The lowest BCUT2D eigenvalue weighted by atomic mass is 10.1. The number of esters is 1. The predicted octanol–water partition coefficient (Wildman–Crippen LogP) is 4.34. The second-order valence-electron chi connectivity index (χ2n) is 5.66. The zero-order valence-corrected chi connectivity index (χ0v) is 14.4. The van der Waals surface area contributed by atoms with E-state index >= 15 is 0 Å². The van der Waals surface area contributed by atoms with E-state index in [0.29, 0.717) is 40.2 Å². The highest BCUT2D eigenvalue weighted by molar-refractivity contribution is 5.80. The van der Waals surface area contributed by atoms with Gasteiger partial charge < -0.3 is 13.9 Å². The van der Waals surface area contributed by atoms with Gasteiger partial charge in [-0.1, -0.05) is 6.08 Å². The number of ether oxygens (including phenoxy) is 2. The van der Waals surface area contributed by atoms with Crippen LogP contribution in [0.3, 0.4) is 0 Å². The van der Waals surface area contributed by atoms with Crippen molar-refractivity contribution in [3.8, 4) is 22.8 Å². The third-order valence-corrected chi connectivity index (χ3v) is 3.86. The van der Waals surface area contributed by atoms with Crippen LogP contribution in [0.1, 0.15) is 12.8 Å². The molecule has 3 rings (SSSR count). The van der Waals surface area contributed by atoms with Crippen molar-refractivity contribution in [1.29, 1.82) is 0 Å². The highest BCUT2D eigenvalue weighted by Crippen LogP contribution is 2.26. The Morgan fingerprint density at radius 3 is 2.54 bits per heavy atom. The van der Waals surface area contributed by atoms with E-state index in [0.717, 1.165) is 0 Å². The van der Waals surface area contributed by atoms with Crippen LogP contribution < -0.4 is 14.9 Å². The molecule has 0 aliphatic carbocycles. The molecule has 132 valence electrons. The summed E-state index contributed by atoms with van der Waals surface area (Å²) in [6.07, 6.45) is 2.53. The number of carbonyl (C=O) groups excluding carboxylic acids is 1. The molecule has 0 aliphatic heterocycles. The number of fused-ring (bicyclic) bond motifs is 1. The van der Waals surface area contributed by atoms with Crippen molar-refractivity contribution < 1.29 is 18.7 Å². The summed E-state index contributed by atoms with van der Waals surface area (Å²) in [5.41, 5.74) is 1.04. The van der Waals surface area contributed by atoms with Crippen LogP contribution in [-0.4, -0.2) is 13.1 Å². The Balaban J connectivity index is 1.86. The van der Waals surface area contributed by atoms with Crippen LogP contribution in [0.15, 0.2) is 70.4 Å². The molecule has 0 unspecified atom stereocenters. The summed E-state index contributed by atoms with van der Waals surface area (Å²) >= 11 is 0. The summed E-state index contributed by atoms with van der Waals surface area (Å²) in [6, 6.07) is 13.3. The molecule has 5 heteroatoms. The summed E-state index contributed by atoms with van der Waals surface area (Å²) in [4.78, 5) is 24.0. The summed E-state index contributed by atoms with van der Waals surface area (Å²) < 4.78 is 16.2. The fourth-order valence-corrected chi connectivity index (χ4v) is 2.49. The highest BCUT2D eigenvalue weighted by Gasteiger charge is 2.09. The maximum absolute atomic E-state index is 12.4. The van der Waals surface area contributed by atoms with Gasteiger partial charge in [-0.25, -0.2) is 0 Å². The van der Waals surface area contributed by atoms with E-state index in [2.05, 4.69) is 6.58 Å². The van der Waals surface area contributed by atoms with Crippen molar-refractivity contribution in [3.63, 3.8) is 0 Å². The molecule has 0 bridgehead atoms. The molecule has 0 radical (unpaired) electrons. The van der Waals surface area contributed by atoms with Gasteiger partial charge in [-0.05, 0) is 48.9 Å². The van der Waals surface area contributed by atoms with Gasteiger partial charge in [0.05, 0.1) is 12.5 Å². The number of rotatable bonds is 6. The standard InChI is InChI=1S/C21H18O5/c1-3-4-5-21(23)25-15-8-6-14(7-9-15)20-13-18(22)17-12-16(24-2)10-11-19(17)26-20/h3,6-13H,1,4-5H2,2H3. The molecule has 0 saturated carbocycles. The topological polar surface area (TPSA) is 65.7 Å². The summed E-state index contributed by atoms with van der Waals surface area (Å²) in [5, 5.41) is 0.459. The quantitative estimate of drug-likeness (QED) is 0.376. The van der Waals surface area contributed by atoms with Crippen molar-refractivity contribution in [3.05, 3.63) is 71.4 Å². The van der Waals surface area contributed by atoms with E-state index in [1.165, 1.54) is 6.07 Å². The first-order valence-corrected chi connectivity index (χ1v) is 8.14. The molecule has 0 amide bonds. The molecule has 0 N–H and O–H groups in total. The molecule has 3 aromatic rings. The molecule has 0 aliphatic rings. The highest BCUT2D eigenvalue weighted by atomic mass is 16.5. The van der Waals surface area contributed by atoms with Crippen molar-refractivity contribution in [2.24, 2.45) is 0 Å². The van der Waals surface area contributed by atoms with Gasteiger partial charge in [0.15, 0.2) is 5.43 Å². The Labute approximate surface area is 150 Å². The van der Waals surface area contributed by atoms with Gasteiger partial charge in [0.25, 0.3) is 0 Å². The van der Waals surface area contributed by atoms with Crippen LogP contribution in [0.2, 0.25) is 0 Å². The average Bonchev–Trinajstić information content (AvgIpc) is 2.66. The van der Waals surface area contributed by atoms with Gasteiger partial charge in [-0.2, -0.15) is 0 Å². The van der Waals surface area contributed by atoms with Gasteiger partial charge >= 0.3 is 5.97 Å². The first kappa shape index (κ1) is 17.5. The van der Waals surface area contributed by atoms with E-state index in [4.69, 9.17) is 13.9 Å². The number of methoxy groups -OCH3 is 1. The minimum absolute atomic E-state index is 0.153. The van der Waals surface area contributed by atoms with Crippen LogP contribution in [0, 0.1) is 0 Å². The van der Waals surface area contributed by atoms with Crippen LogP contribution in [-0.2, 0) is 4.79 Å². The summed E-state index contributed by atoms with van der Waals surface area (Å²) in [5.74, 6) is 1.16. The van der Waals surface area contributed by atoms with Gasteiger partial charge in [-0.15, -0.1) is 6.58 Å². The molecule has 0 spiro atoms. The molecule has 1 aromatic heterocycles. The number of carbonyl (C=O) groups is 1. The van der Waals surface area contributed by atoms with Gasteiger partial charge in [-0.3, -0.25) is 9.59 Å². The van der Waals surface area contributed by atoms with E-state index < -0.39 is 0 Å². The van der Waals surface area contributed by atoms with Crippen LogP contribution >= 0.6 is 0 Å². The lowest BCUT2D eigenvalue weighted by Gasteiger charge is -2.07. The maximum Gasteiger partial charge on any atom is 0.311 e. The van der Waals surface area contributed by atoms with E-state index in [1.807, 2.05) is 0 Å². The smallest absolute Gasteiger partial charge is 0.311 e. The number of allylic oxidation sites excluding steroid dienone is 1. The largest absolute Gasteiger partial charge is 0.497 e. The normalized spacial score (nSPS) is 10.5.